The monoisotopic (exact) mass is 498 g/mol. The number of nitrogens with zero attached hydrogens (tertiary/aromatic N) is 2. The van der Waals surface area contributed by atoms with Gasteiger partial charge in [-0.1, -0.05) is 35.5 Å². The van der Waals surface area contributed by atoms with Crippen LogP contribution in [0.1, 0.15) is 5.69 Å². The van der Waals surface area contributed by atoms with Gasteiger partial charge in [-0.05, 0) is 43.3 Å². The molecule has 4 rings (SSSR count). The summed E-state index contributed by atoms with van der Waals surface area (Å²) >= 11 is 8.67. The Morgan fingerprint density at radius 3 is 2.67 bits per heavy atom. The van der Waals surface area contributed by atoms with Gasteiger partial charge in [0.1, 0.15) is 10.8 Å². The Bertz CT molecular complexity index is 1350. The second kappa shape index (κ2) is 10.2. The number of H-pyrrole nitrogens is 1. The number of thiazole rings is 1. The summed E-state index contributed by atoms with van der Waals surface area (Å²) in [6.45, 7) is 1.88. The van der Waals surface area contributed by atoms with Crippen molar-refractivity contribution in [2.45, 2.75) is 12.1 Å². The van der Waals surface area contributed by atoms with E-state index in [1.165, 1.54) is 17.4 Å². The quantitative estimate of drug-likeness (QED) is 0.266. The first kappa shape index (κ1) is 23.0. The van der Waals surface area contributed by atoms with Gasteiger partial charge in [-0.3, -0.25) is 9.59 Å². The molecule has 4 aromatic rings. The van der Waals surface area contributed by atoms with Crippen molar-refractivity contribution in [3.05, 3.63) is 75.7 Å². The van der Waals surface area contributed by atoms with Gasteiger partial charge in [-0.25, -0.2) is 9.97 Å². The number of nitrogens with one attached hydrogen (secondary N) is 2. The first-order chi connectivity index (χ1) is 15.9. The van der Waals surface area contributed by atoms with E-state index in [1.807, 2.05) is 31.2 Å². The average molecular weight is 499 g/mol. The zero-order valence-corrected chi connectivity index (χ0v) is 20.1. The number of para-hydroxylation sites is 1. The molecule has 0 saturated carbocycles. The molecule has 33 heavy (non-hydrogen) atoms. The Balaban J connectivity index is 1.51. The van der Waals surface area contributed by atoms with Gasteiger partial charge in [0, 0.05) is 11.6 Å². The van der Waals surface area contributed by atoms with Crippen molar-refractivity contribution in [2.24, 2.45) is 0 Å². The number of aromatic amines is 1. The van der Waals surface area contributed by atoms with E-state index in [4.69, 9.17) is 16.3 Å². The summed E-state index contributed by atoms with van der Waals surface area (Å²) in [5.74, 6) is 0.580. The lowest BCUT2D eigenvalue weighted by atomic mass is 10.2. The Morgan fingerprint density at radius 2 is 1.94 bits per heavy atom. The molecule has 2 aromatic carbocycles. The molecule has 0 atom stereocenters. The number of thioether (sulfide) groups is 1. The first-order valence-electron chi connectivity index (χ1n) is 9.83. The molecule has 168 valence electrons. The molecular weight excluding hydrogens is 480 g/mol. The van der Waals surface area contributed by atoms with Crippen LogP contribution in [0.5, 0.6) is 5.75 Å². The molecule has 0 fully saturated rings. The maximum atomic E-state index is 12.3. The van der Waals surface area contributed by atoms with E-state index in [0.717, 1.165) is 38.7 Å². The zero-order valence-electron chi connectivity index (χ0n) is 17.7. The number of amides is 1. The number of halogens is 1. The standard InChI is InChI=1S/C23H19ClN4O3S2/c1-13-21(33-22(25-13)14-7-9-15(31-2)10-8-14)18-11-19(29)28-23(27-18)32-12-20(30)26-17-6-4-3-5-16(17)24/h3-11H,12H2,1-2H3,(H,26,30)(H,27,28,29). The summed E-state index contributed by atoms with van der Waals surface area (Å²) in [7, 11) is 1.62. The van der Waals surface area contributed by atoms with Crippen molar-refractivity contribution in [3.63, 3.8) is 0 Å². The smallest absolute Gasteiger partial charge is 0.252 e. The molecule has 2 heterocycles. The number of hydrogen-bond acceptors (Lipinski definition) is 7. The fourth-order valence-corrected chi connectivity index (χ4v) is 4.88. The Hall–Kier alpha value is -3.14. The van der Waals surface area contributed by atoms with Gasteiger partial charge in [0.05, 0.1) is 39.8 Å². The van der Waals surface area contributed by atoms with Crippen LogP contribution >= 0.6 is 34.7 Å². The SMILES string of the molecule is COc1ccc(-c2nc(C)c(-c3cc(=O)[nH]c(SCC(=O)Nc4ccccc4Cl)n3)s2)cc1. The zero-order chi connectivity index (χ0) is 23.4. The predicted molar refractivity (Wildman–Crippen MR) is 133 cm³/mol. The third-order valence-corrected chi connectivity index (χ3v) is 7.01. The molecule has 2 N–H and O–H groups in total. The maximum Gasteiger partial charge on any atom is 0.252 e. The van der Waals surface area contributed by atoms with Crippen LogP contribution in [0.2, 0.25) is 5.02 Å². The number of aromatic nitrogens is 3. The molecule has 0 bridgehead atoms. The summed E-state index contributed by atoms with van der Waals surface area (Å²) in [5.41, 5.74) is 2.48. The minimum absolute atomic E-state index is 0.0659. The summed E-state index contributed by atoms with van der Waals surface area (Å²) in [6, 6.07) is 16.0. The van der Waals surface area contributed by atoms with Crippen molar-refractivity contribution in [3.8, 4) is 26.9 Å². The van der Waals surface area contributed by atoms with Crippen molar-refractivity contribution in [1.29, 1.82) is 0 Å². The van der Waals surface area contributed by atoms with Gasteiger partial charge in [0.15, 0.2) is 5.16 Å². The Labute approximate surface area is 203 Å². The highest BCUT2D eigenvalue weighted by Crippen LogP contribution is 2.35. The fourth-order valence-electron chi connectivity index (χ4n) is 2.99. The molecule has 1 amide bonds. The molecule has 0 aliphatic heterocycles. The lowest BCUT2D eigenvalue weighted by Gasteiger charge is -2.07. The summed E-state index contributed by atoms with van der Waals surface area (Å²) < 4.78 is 5.21. The summed E-state index contributed by atoms with van der Waals surface area (Å²) in [4.78, 5) is 37.2. The van der Waals surface area contributed by atoms with E-state index in [2.05, 4.69) is 20.3 Å². The normalized spacial score (nSPS) is 10.8. The number of ether oxygens (including phenoxy) is 1. The van der Waals surface area contributed by atoms with Crippen LogP contribution in [-0.2, 0) is 4.79 Å². The molecule has 0 spiro atoms. The molecule has 0 aliphatic carbocycles. The van der Waals surface area contributed by atoms with Crippen LogP contribution in [0.3, 0.4) is 0 Å². The number of hydrogen-bond donors (Lipinski definition) is 2. The minimum atomic E-state index is -0.298. The van der Waals surface area contributed by atoms with Gasteiger partial charge in [-0.2, -0.15) is 0 Å². The van der Waals surface area contributed by atoms with Crippen molar-refractivity contribution in [2.75, 3.05) is 18.2 Å². The van der Waals surface area contributed by atoms with Crippen molar-refractivity contribution in [1.82, 2.24) is 15.0 Å². The van der Waals surface area contributed by atoms with E-state index in [-0.39, 0.29) is 17.2 Å². The lowest BCUT2D eigenvalue weighted by molar-refractivity contribution is -0.113. The van der Waals surface area contributed by atoms with E-state index < -0.39 is 0 Å². The van der Waals surface area contributed by atoms with Crippen molar-refractivity contribution < 1.29 is 9.53 Å². The largest absolute Gasteiger partial charge is 0.497 e. The van der Waals surface area contributed by atoms with Crippen LogP contribution < -0.4 is 15.6 Å². The van der Waals surface area contributed by atoms with E-state index in [0.29, 0.717) is 21.6 Å². The van der Waals surface area contributed by atoms with E-state index >= 15 is 0 Å². The minimum Gasteiger partial charge on any atom is -0.497 e. The second-order valence-electron chi connectivity index (χ2n) is 6.91. The second-order valence-corrected chi connectivity index (χ2v) is 9.28. The fraction of sp³-hybridized carbons (Fsp3) is 0.130. The van der Waals surface area contributed by atoms with Crippen LogP contribution in [0.4, 0.5) is 5.69 Å². The lowest BCUT2D eigenvalue weighted by Crippen LogP contribution is -2.15. The topological polar surface area (TPSA) is 97.0 Å². The number of rotatable bonds is 7. The number of carbonyl (C=O) groups excluding carboxylic acids is 1. The molecular formula is C23H19ClN4O3S2. The summed E-state index contributed by atoms with van der Waals surface area (Å²) in [6.07, 6.45) is 0. The van der Waals surface area contributed by atoms with Crippen molar-refractivity contribution >= 4 is 46.3 Å². The van der Waals surface area contributed by atoms with Crippen LogP contribution in [0.25, 0.3) is 21.1 Å². The predicted octanol–water partition coefficient (Wildman–Crippen LogP) is 5.26. The molecule has 10 heteroatoms. The van der Waals surface area contributed by atoms with Gasteiger partial charge in [0.2, 0.25) is 5.91 Å². The Kier molecular flexibility index (Phi) is 7.12. The van der Waals surface area contributed by atoms with Gasteiger partial charge < -0.3 is 15.0 Å². The molecule has 7 nitrogen and oxygen atoms in total. The molecule has 0 aliphatic rings. The van der Waals surface area contributed by atoms with E-state index in [1.54, 1.807) is 31.4 Å². The highest BCUT2D eigenvalue weighted by molar-refractivity contribution is 7.99. The van der Waals surface area contributed by atoms with Crippen LogP contribution in [-0.4, -0.2) is 33.7 Å². The van der Waals surface area contributed by atoms with Gasteiger partial charge >= 0.3 is 0 Å². The molecule has 0 unspecified atom stereocenters. The van der Waals surface area contributed by atoms with Gasteiger partial charge in [-0.15, -0.1) is 11.3 Å². The highest BCUT2D eigenvalue weighted by Gasteiger charge is 2.15. The third-order valence-electron chi connectivity index (χ3n) is 4.57. The summed E-state index contributed by atoms with van der Waals surface area (Å²) in [5, 5.41) is 4.38. The molecule has 0 saturated heterocycles. The third kappa shape index (κ3) is 5.62. The average Bonchev–Trinajstić information content (AvgIpc) is 3.20. The van der Waals surface area contributed by atoms with Gasteiger partial charge in [0.25, 0.3) is 5.56 Å². The van der Waals surface area contributed by atoms with Crippen LogP contribution in [0.15, 0.2) is 64.5 Å². The first-order valence-corrected chi connectivity index (χ1v) is 12.0. The number of methoxy groups -OCH3 is 1. The maximum absolute atomic E-state index is 12.3. The Morgan fingerprint density at radius 1 is 1.18 bits per heavy atom. The molecule has 2 aromatic heterocycles. The van der Waals surface area contributed by atoms with Crippen LogP contribution in [0, 0.1) is 6.92 Å². The number of benzene rings is 2. The van der Waals surface area contributed by atoms with E-state index in [9.17, 15) is 9.59 Å². The number of anilines is 1. The highest BCUT2D eigenvalue weighted by atomic mass is 35.5. The number of aryl methyl sites for hydroxylation is 1. The number of carbonyl (C=O) groups is 1. The molecule has 0 radical (unpaired) electrons.